The van der Waals surface area contributed by atoms with E-state index in [1.54, 1.807) is 18.3 Å². The molecule has 0 saturated carbocycles. The van der Waals surface area contributed by atoms with Gasteiger partial charge in [0.25, 0.3) is 10.0 Å². The van der Waals surface area contributed by atoms with Gasteiger partial charge in [-0.1, -0.05) is 6.07 Å². The predicted molar refractivity (Wildman–Crippen MR) is 123 cm³/mol. The first kappa shape index (κ1) is 21.5. The Morgan fingerprint density at radius 2 is 1.77 bits per heavy atom. The molecule has 1 aromatic heterocycles. The quantitative estimate of drug-likeness (QED) is 0.582. The molecule has 1 fully saturated rings. The molecule has 7 nitrogen and oxygen atoms in total. The van der Waals surface area contributed by atoms with Crippen LogP contribution in [0, 0.1) is 0 Å². The molecule has 0 atom stereocenters. The third-order valence-corrected chi connectivity index (χ3v) is 7.91. The van der Waals surface area contributed by atoms with E-state index in [2.05, 4.69) is 30.0 Å². The first-order valence-corrected chi connectivity index (χ1v) is 11.8. The Bertz CT molecular complexity index is 1180. The van der Waals surface area contributed by atoms with E-state index in [1.165, 1.54) is 24.3 Å². The molecule has 2 heterocycles. The molecule has 0 spiro atoms. The molecular formula is C23H29N3O4S. The molecule has 1 saturated heterocycles. The van der Waals surface area contributed by atoms with Crippen molar-refractivity contribution in [2.24, 2.45) is 0 Å². The van der Waals surface area contributed by atoms with Crippen molar-refractivity contribution in [2.45, 2.75) is 23.8 Å². The summed E-state index contributed by atoms with van der Waals surface area (Å²) < 4.78 is 39.1. The maximum Gasteiger partial charge on any atom is 0.271 e. The van der Waals surface area contributed by atoms with Gasteiger partial charge < -0.3 is 19.3 Å². The molecule has 0 aliphatic carbocycles. The van der Waals surface area contributed by atoms with Crippen molar-refractivity contribution in [1.82, 2.24) is 8.87 Å². The van der Waals surface area contributed by atoms with Gasteiger partial charge in [-0.05, 0) is 63.3 Å². The molecule has 8 heteroatoms. The van der Waals surface area contributed by atoms with Crippen LogP contribution in [0.3, 0.4) is 0 Å². The second-order valence-corrected chi connectivity index (χ2v) is 9.77. The number of aromatic nitrogens is 1. The third-order valence-electron chi connectivity index (χ3n) is 6.20. The fraction of sp³-hybridized carbons (Fsp3) is 0.391. The van der Waals surface area contributed by atoms with Crippen LogP contribution in [0.15, 0.2) is 53.6 Å². The minimum absolute atomic E-state index is 0.0703. The number of anilines is 1. The molecule has 0 unspecified atom stereocenters. The van der Waals surface area contributed by atoms with Crippen molar-refractivity contribution in [3.8, 4) is 11.5 Å². The highest BCUT2D eigenvalue weighted by molar-refractivity contribution is 7.90. The van der Waals surface area contributed by atoms with Crippen molar-refractivity contribution in [3.63, 3.8) is 0 Å². The Balaban J connectivity index is 1.78. The average molecular weight is 444 g/mol. The number of benzene rings is 2. The zero-order valence-electron chi connectivity index (χ0n) is 18.4. The zero-order valence-corrected chi connectivity index (χ0v) is 19.2. The summed E-state index contributed by atoms with van der Waals surface area (Å²) in [5.41, 5.74) is 1.68. The van der Waals surface area contributed by atoms with Crippen LogP contribution in [0.1, 0.15) is 12.8 Å². The van der Waals surface area contributed by atoms with Gasteiger partial charge in [-0.25, -0.2) is 12.4 Å². The monoisotopic (exact) mass is 443 g/mol. The largest absolute Gasteiger partial charge is 0.497 e. The summed E-state index contributed by atoms with van der Waals surface area (Å²) in [5, 5.41) is 0.911. The van der Waals surface area contributed by atoms with Crippen LogP contribution >= 0.6 is 0 Å². The van der Waals surface area contributed by atoms with Gasteiger partial charge in [0.1, 0.15) is 16.4 Å². The molecule has 166 valence electrons. The minimum atomic E-state index is -3.89. The first-order chi connectivity index (χ1) is 14.9. The molecule has 1 aliphatic rings. The SMILES string of the molecule is COc1ccc(OC)c(S(=O)(=O)n2ccc3c(N(C)C4CCN(C)CC4)cccc32)c1. The fourth-order valence-electron chi connectivity index (χ4n) is 4.31. The number of likely N-dealkylation sites (tertiary alicyclic amines) is 1. The molecule has 0 bridgehead atoms. The third kappa shape index (κ3) is 3.85. The van der Waals surface area contributed by atoms with Gasteiger partial charge in [-0.3, -0.25) is 0 Å². The van der Waals surface area contributed by atoms with E-state index >= 15 is 0 Å². The van der Waals surface area contributed by atoms with Gasteiger partial charge in [-0.15, -0.1) is 0 Å². The Kier molecular flexibility index (Phi) is 5.85. The van der Waals surface area contributed by atoms with Crippen LogP contribution in [0.5, 0.6) is 11.5 Å². The summed E-state index contributed by atoms with van der Waals surface area (Å²) in [7, 11) is 3.33. The summed E-state index contributed by atoms with van der Waals surface area (Å²) in [6.07, 6.45) is 3.79. The number of nitrogens with zero attached hydrogens (tertiary/aromatic N) is 3. The highest BCUT2D eigenvalue weighted by atomic mass is 32.2. The Morgan fingerprint density at radius 3 is 2.45 bits per heavy atom. The summed E-state index contributed by atoms with van der Waals surface area (Å²) >= 11 is 0. The van der Waals surface area contributed by atoms with Gasteiger partial charge >= 0.3 is 0 Å². The maximum absolute atomic E-state index is 13.6. The second kappa shape index (κ2) is 8.43. The number of methoxy groups -OCH3 is 2. The first-order valence-electron chi connectivity index (χ1n) is 10.4. The number of piperidine rings is 1. The Morgan fingerprint density at radius 1 is 1.03 bits per heavy atom. The minimum Gasteiger partial charge on any atom is -0.497 e. The summed E-state index contributed by atoms with van der Waals surface area (Å²) in [4.78, 5) is 4.70. The van der Waals surface area contributed by atoms with Crippen LogP contribution in [-0.2, 0) is 10.0 Å². The van der Waals surface area contributed by atoms with E-state index in [9.17, 15) is 8.42 Å². The van der Waals surface area contributed by atoms with Crippen molar-refractivity contribution >= 4 is 26.6 Å². The molecule has 1 aliphatic heterocycles. The zero-order chi connectivity index (χ0) is 22.2. The number of ether oxygens (including phenoxy) is 2. The molecular weight excluding hydrogens is 414 g/mol. The van der Waals surface area contributed by atoms with Gasteiger partial charge in [0.05, 0.1) is 19.7 Å². The van der Waals surface area contributed by atoms with Gasteiger partial charge in [0.15, 0.2) is 0 Å². The maximum atomic E-state index is 13.6. The van der Waals surface area contributed by atoms with E-state index in [0.717, 1.165) is 37.0 Å². The summed E-state index contributed by atoms with van der Waals surface area (Å²) in [5.74, 6) is 0.737. The lowest BCUT2D eigenvalue weighted by Crippen LogP contribution is -2.42. The van der Waals surface area contributed by atoms with Crippen LogP contribution in [0.25, 0.3) is 10.9 Å². The average Bonchev–Trinajstić information content (AvgIpc) is 3.24. The number of hydrogen-bond donors (Lipinski definition) is 0. The highest BCUT2D eigenvalue weighted by Gasteiger charge is 2.26. The number of hydrogen-bond acceptors (Lipinski definition) is 6. The second-order valence-electron chi connectivity index (χ2n) is 7.99. The lowest BCUT2D eigenvalue weighted by molar-refractivity contribution is 0.253. The molecule has 4 rings (SSSR count). The Hall–Kier alpha value is -2.71. The fourth-order valence-corrected chi connectivity index (χ4v) is 5.84. The number of rotatable bonds is 6. The topological polar surface area (TPSA) is 64.0 Å². The Labute approximate surface area is 183 Å². The van der Waals surface area contributed by atoms with Gasteiger partial charge in [-0.2, -0.15) is 0 Å². The molecule has 0 N–H and O–H groups in total. The highest BCUT2D eigenvalue weighted by Crippen LogP contribution is 2.35. The van der Waals surface area contributed by atoms with E-state index < -0.39 is 10.0 Å². The lowest BCUT2D eigenvalue weighted by atomic mass is 10.0. The van der Waals surface area contributed by atoms with Crippen LogP contribution < -0.4 is 14.4 Å². The summed E-state index contributed by atoms with van der Waals surface area (Å²) in [6, 6.07) is 12.9. The molecule has 0 amide bonds. The van der Waals surface area contributed by atoms with Gasteiger partial charge in [0, 0.05) is 36.4 Å². The van der Waals surface area contributed by atoms with E-state index in [4.69, 9.17) is 9.47 Å². The molecule has 3 aromatic rings. The van der Waals surface area contributed by atoms with E-state index in [-0.39, 0.29) is 10.6 Å². The lowest BCUT2D eigenvalue weighted by Gasteiger charge is -2.36. The normalized spacial score (nSPS) is 15.9. The summed E-state index contributed by atoms with van der Waals surface area (Å²) in [6.45, 7) is 2.13. The number of fused-ring (bicyclic) bond motifs is 1. The van der Waals surface area contributed by atoms with Crippen molar-refractivity contribution < 1.29 is 17.9 Å². The van der Waals surface area contributed by atoms with Crippen molar-refractivity contribution in [3.05, 3.63) is 48.7 Å². The molecule has 0 radical (unpaired) electrons. The van der Waals surface area contributed by atoms with E-state index in [1.807, 2.05) is 18.2 Å². The van der Waals surface area contributed by atoms with E-state index in [0.29, 0.717) is 17.3 Å². The molecule has 2 aromatic carbocycles. The van der Waals surface area contributed by atoms with Crippen molar-refractivity contribution in [1.29, 1.82) is 0 Å². The smallest absolute Gasteiger partial charge is 0.271 e. The van der Waals surface area contributed by atoms with Crippen LogP contribution in [-0.4, -0.2) is 64.7 Å². The van der Waals surface area contributed by atoms with Crippen molar-refractivity contribution in [2.75, 3.05) is 46.3 Å². The van der Waals surface area contributed by atoms with Crippen LogP contribution in [0.4, 0.5) is 5.69 Å². The standard InChI is InChI=1S/C23H29N3O4S/c1-24-13-10-17(11-14-24)25(2)20-6-5-7-21-19(20)12-15-26(21)31(27,28)23-16-18(29-3)8-9-22(23)30-4/h5-9,12,15-17H,10-11,13-14H2,1-4H3. The predicted octanol–water partition coefficient (Wildman–Crippen LogP) is 3.43. The van der Waals surface area contributed by atoms with Gasteiger partial charge in [0.2, 0.25) is 0 Å². The molecule has 31 heavy (non-hydrogen) atoms. The van der Waals surface area contributed by atoms with Crippen LogP contribution in [0.2, 0.25) is 0 Å².